The van der Waals surface area contributed by atoms with E-state index in [9.17, 15) is 13.2 Å². The molecule has 0 spiro atoms. The Labute approximate surface area is 226 Å². The molecule has 0 saturated heterocycles. The molecule has 5 aromatic rings. The number of aromatic nitrogens is 2. The van der Waals surface area contributed by atoms with Gasteiger partial charge >= 0.3 is 6.18 Å². The molecule has 0 saturated carbocycles. The molecule has 5 rings (SSSR count). The Hall–Kier alpha value is -3.60. The van der Waals surface area contributed by atoms with Gasteiger partial charge in [-0.1, -0.05) is 48.5 Å². The van der Waals surface area contributed by atoms with E-state index in [0.717, 1.165) is 35.7 Å². The van der Waals surface area contributed by atoms with E-state index in [0.29, 0.717) is 0 Å². The number of benzene rings is 3. The molecule has 0 bridgehead atoms. The molecule has 0 aliphatic carbocycles. The van der Waals surface area contributed by atoms with Gasteiger partial charge < -0.3 is 9.97 Å². The normalized spacial score (nSPS) is 12.1. The Bertz CT molecular complexity index is 1420. The molecule has 2 aromatic heterocycles. The number of aryl methyl sites for hydroxylation is 1. The largest absolute Gasteiger partial charge is 0.399 e. The number of pyridine rings is 2. The van der Waals surface area contributed by atoms with Gasteiger partial charge in [0.05, 0.1) is 0 Å². The van der Waals surface area contributed by atoms with E-state index in [1.807, 2.05) is 54.7 Å². The van der Waals surface area contributed by atoms with Crippen LogP contribution in [0.1, 0.15) is 15.2 Å². The van der Waals surface area contributed by atoms with Gasteiger partial charge in [-0.25, -0.2) is 0 Å². The van der Waals surface area contributed by atoms with Crippen LogP contribution in [0.3, 0.4) is 0 Å². The van der Waals surface area contributed by atoms with Crippen molar-refractivity contribution in [1.29, 1.82) is 0 Å². The number of hydrogen-bond acceptors (Lipinski definition) is 2. The Morgan fingerprint density at radius 1 is 0.722 bits per heavy atom. The zero-order valence-electron chi connectivity index (χ0n) is 21.8. The molecule has 36 heavy (non-hydrogen) atoms. The summed E-state index contributed by atoms with van der Waals surface area (Å²) in [7, 11) is 0. The van der Waals surface area contributed by atoms with Gasteiger partial charge in [-0.2, -0.15) is 13.2 Å². The van der Waals surface area contributed by atoms with Crippen LogP contribution in [-0.4, -0.2) is 9.97 Å². The Morgan fingerprint density at radius 3 is 2.17 bits per heavy atom. The molecule has 6 heteroatoms. The molecule has 183 valence electrons. The monoisotopic (exact) mass is 662 g/mol. The van der Waals surface area contributed by atoms with E-state index in [2.05, 4.69) is 40.3 Å². The Balaban J connectivity index is 0.000000211. The fraction of sp³-hybridized carbons (Fsp3) is 0.0667. The van der Waals surface area contributed by atoms with Crippen molar-refractivity contribution in [1.82, 2.24) is 9.97 Å². The van der Waals surface area contributed by atoms with Crippen molar-refractivity contribution in [3.8, 4) is 33.6 Å². The SMILES string of the molecule is [2H]C([2H])([2H])c1ccc(-c2[c-]ccc(C(F)(F)F)c2)nc1.[Ir].[c-]1ccccc1-c1cc(-c2ccccc2)ccn1. The molecule has 0 amide bonds. The van der Waals surface area contributed by atoms with Gasteiger partial charge in [-0.15, -0.1) is 65.7 Å². The summed E-state index contributed by atoms with van der Waals surface area (Å²) in [6, 6.07) is 33.9. The van der Waals surface area contributed by atoms with Crippen molar-refractivity contribution in [3.63, 3.8) is 0 Å². The standard InChI is InChI=1S/C17H12N.C13H9F3N.Ir/c1-3-7-14(8-4-1)16-11-12-18-17(13-16)15-9-5-2-6-10-15;1-9-5-6-12(17-8-9)10-3-2-4-11(7-10)13(14,15)16;/h1-9,11-13H;2,4-8H,1H3;/q2*-1;/i;1D3;. The maximum atomic E-state index is 12.6. The first kappa shape index (κ1) is 22.8. The Kier molecular flexibility index (Phi) is 7.86. The average molecular weight is 662 g/mol. The third-order valence-electron chi connectivity index (χ3n) is 5.02. The zero-order chi connectivity index (χ0) is 27.2. The minimum absolute atomic E-state index is 0. The quantitative estimate of drug-likeness (QED) is 0.183. The van der Waals surface area contributed by atoms with Crippen LogP contribution in [0.5, 0.6) is 0 Å². The van der Waals surface area contributed by atoms with Crippen LogP contribution in [0, 0.1) is 19.0 Å². The molecular weight excluding hydrogens is 638 g/mol. The summed E-state index contributed by atoms with van der Waals surface area (Å²) in [5, 5.41) is 0. The average Bonchev–Trinajstić information content (AvgIpc) is 2.94. The van der Waals surface area contributed by atoms with Crippen LogP contribution in [0.2, 0.25) is 0 Å². The molecule has 0 unspecified atom stereocenters. The van der Waals surface area contributed by atoms with Crippen LogP contribution in [0.25, 0.3) is 33.6 Å². The first-order valence-corrected chi connectivity index (χ1v) is 10.7. The smallest absolute Gasteiger partial charge is 0.305 e. The number of nitrogens with zero attached hydrogens (tertiary/aromatic N) is 2. The van der Waals surface area contributed by atoms with E-state index >= 15 is 0 Å². The van der Waals surface area contributed by atoms with Crippen LogP contribution >= 0.6 is 0 Å². The van der Waals surface area contributed by atoms with Crippen LogP contribution in [-0.2, 0) is 26.3 Å². The summed E-state index contributed by atoms with van der Waals surface area (Å²) in [5.74, 6) is 0. The van der Waals surface area contributed by atoms with Crippen molar-refractivity contribution in [2.75, 3.05) is 0 Å². The third-order valence-corrected chi connectivity index (χ3v) is 5.02. The van der Waals surface area contributed by atoms with Gasteiger partial charge in [-0.3, -0.25) is 0 Å². The molecule has 0 fully saturated rings. The second kappa shape index (κ2) is 12.4. The van der Waals surface area contributed by atoms with Crippen LogP contribution in [0.4, 0.5) is 13.2 Å². The van der Waals surface area contributed by atoms with Crippen LogP contribution < -0.4 is 0 Å². The van der Waals surface area contributed by atoms with E-state index in [1.54, 1.807) is 0 Å². The molecule has 0 aliphatic rings. The van der Waals surface area contributed by atoms with Gasteiger partial charge in [0.2, 0.25) is 0 Å². The molecule has 3 aromatic carbocycles. The van der Waals surface area contributed by atoms with Gasteiger partial charge in [0.25, 0.3) is 0 Å². The van der Waals surface area contributed by atoms with E-state index < -0.39 is 18.6 Å². The summed E-state index contributed by atoms with van der Waals surface area (Å²) in [4.78, 5) is 8.28. The minimum atomic E-state index is -4.44. The number of rotatable bonds is 3. The summed E-state index contributed by atoms with van der Waals surface area (Å²) >= 11 is 0. The molecule has 0 aliphatic heterocycles. The molecular formula is C30H21F3IrN2-2. The Morgan fingerprint density at radius 2 is 1.50 bits per heavy atom. The topological polar surface area (TPSA) is 25.8 Å². The van der Waals surface area contributed by atoms with E-state index in [4.69, 9.17) is 4.11 Å². The molecule has 0 N–H and O–H groups in total. The predicted molar refractivity (Wildman–Crippen MR) is 132 cm³/mol. The molecule has 0 atom stereocenters. The maximum Gasteiger partial charge on any atom is 0.399 e. The first-order chi connectivity index (χ1) is 18.1. The summed E-state index contributed by atoms with van der Waals surface area (Å²) < 4.78 is 59.4. The second-order valence-electron chi connectivity index (χ2n) is 7.49. The fourth-order valence-corrected chi connectivity index (χ4v) is 3.28. The van der Waals surface area contributed by atoms with Gasteiger partial charge in [0, 0.05) is 36.6 Å². The summed E-state index contributed by atoms with van der Waals surface area (Å²) in [5.41, 5.74) is 4.00. The van der Waals surface area contributed by atoms with E-state index in [-0.39, 0.29) is 36.9 Å². The zero-order valence-corrected chi connectivity index (χ0v) is 21.1. The van der Waals surface area contributed by atoms with Crippen molar-refractivity contribution < 1.29 is 37.4 Å². The summed E-state index contributed by atoms with van der Waals surface area (Å²) in [6.45, 7) is -2.29. The number of hydrogen-bond donors (Lipinski definition) is 0. The molecule has 2 heterocycles. The molecule has 2 nitrogen and oxygen atoms in total. The number of halogens is 3. The molecule has 1 radical (unpaired) electrons. The van der Waals surface area contributed by atoms with Crippen molar-refractivity contribution in [2.24, 2.45) is 0 Å². The van der Waals surface area contributed by atoms with Crippen molar-refractivity contribution in [3.05, 3.63) is 133 Å². The number of alkyl halides is 3. The first-order valence-electron chi connectivity index (χ1n) is 12.2. The maximum absolute atomic E-state index is 12.6. The van der Waals surface area contributed by atoms with Gasteiger partial charge in [0.1, 0.15) is 0 Å². The van der Waals surface area contributed by atoms with Crippen molar-refractivity contribution >= 4 is 0 Å². The predicted octanol–water partition coefficient (Wildman–Crippen LogP) is 8.09. The van der Waals surface area contributed by atoms with Crippen LogP contribution in [0.15, 0.2) is 109 Å². The van der Waals surface area contributed by atoms with Crippen molar-refractivity contribution in [2.45, 2.75) is 13.0 Å². The summed E-state index contributed by atoms with van der Waals surface area (Å²) in [6.07, 6.45) is -1.46. The minimum Gasteiger partial charge on any atom is -0.305 e. The van der Waals surface area contributed by atoms with Gasteiger partial charge in [0.15, 0.2) is 0 Å². The van der Waals surface area contributed by atoms with E-state index in [1.165, 1.54) is 23.3 Å². The van der Waals surface area contributed by atoms with Gasteiger partial charge in [-0.05, 0) is 46.6 Å². The second-order valence-corrected chi connectivity index (χ2v) is 7.49. The third kappa shape index (κ3) is 7.20. The fourth-order valence-electron chi connectivity index (χ4n) is 3.28.